The topological polar surface area (TPSA) is 67.9 Å². The van der Waals surface area contributed by atoms with Crippen LogP contribution in [-0.2, 0) is 16.0 Å². The molecule has 0 aliphatic carbocycles. The monoisotopic (exact) mass is 382 g/mol. The molecule has 0 aromatic heterocycles. The lowest BCUT2D eigenvalue weighted by atomic mass is 10.1. The largest absolute Gasteiger partial charge is 0.493 e. The Kier molecular flexibility index (Phi) is 6.53. The molecule has 1 unspecified atom stereocenters. The molecule has 2 aromatic rings. The molecule has 2 amide bonds. The van der Waals surface area contributed by atoms with Gasteiger partial charge in [0.15, 0.2) is 11.5 Å². The van der Waals surface area contributed by atoms with Gasteiger partial charge in [0.25, 0.3) is 0 Å². The first-order chi connectivity index (χ1) is 13.6. The fourth-order valence-electron chi connectivity index (χ4n) is 3.44. The third-order valence-electron chi connectivity index (χ3n) is 4.88. The maximum absolute atomic E-state index is 12.4. The van der Waals surface area contributed by atoms with Crippen LogP contribution in [0.2, 0.25) is 0 Å². The lowest BCUT2D eigenvalue weighted by Crippen LogP contribution is -2.37. The van der Waals surface area contributed by atoms with Crippen LogP contribution in [0, 0.1) is 0 Å². The number of hydrogen-bond acceptors (Lipinski definition) is 4. The second-order valence-corrected chi connectivity index (χ2v) is 6.85. The average molecular weight is 382 g/mol. The molecule has 1 aliphatic heterocycles. The number of rotatable bonds is 8. The van der Waals surface area contributed by atoms with Crippen LogP contribution in [0.1, 0.15) is 24.8 Å². The van der Waals surface area contributed by atoms with E-state index in [9.17, 15) is 9.59 Å². The zero-order chi connectivity index (χ0) is 19.9. The van der Waals surface area contributed by atoms with Crippen LogP contribution in [-0.4, -0.2) is 38.6 Å². The lowest BCUT2D eigenvalue weighted by Gasteiger charge is -2.19. The molecular weight excluding hydrogens is 356 g/mol. The number of benzene rings is 2. The van der Waals surface area contributed by atoms with E-state index in [0.29, 0.717) is 30.9 Å². The minimum Gasteiger partial charge on any atom is -0.493 e. The van der Waals surface area contributed by atoms with Gasteiger partial charge in [0, 0.05) is 31.1 Å². The van der Waals surface area contributed by atoms with Crippen molar-refractivity contribution in [3.05, 3.63) is 54.1 Å². The van der Waals surface area contributed by atoms with Gasteiger partial charge in [-0.3, -0.25) is 9.59 Å². The van der Waals surface area contributed by atoms with E-state index in [1.54, 1.807) is 31.3 Å². The molecule has 148 valence electrons. The van der Waals surface area contributed by atoms with Crippen molar-refractivity contribution in [1.29, 1.82) is 0 Å². The quantitative estimate of drug-likeness (QED) is 0.762. The van der Waals surface area contributed by atoms with Gasteiger partial charge in [-0.1, -0.05) is 30.3 Å². The van der Waals surface area contributed by atoms with Gasteiger partial charge in [0.2, 0.25) is 11.8 Å². The van der Waals surface area contributed by atoms with Crippen molar-refractivity contribution >= 4 is 17.5 Å². The maximum Gasteiger partial charge on any atom is 0.229 e. The number of aryl methyl sites for hydroxylation is 1. The van der Waals surface area contributed by atoms with E-state index in [0.717, 1.165) is 18.5 Å². The summed E-state index contributed by atoms with van der Waals surface area (Å²) in [4.78, 5) is 26.3. The molecule has 6 heteroatoms. The molecule has 2 aromatic carbocycles. The first kappa shape index (κ1) is 19.7. The number of carbonyl (C=O) groups is 2. The van der Waals surface area contributed by atoms with Crippen molar-refractivity contribution < 1.29 is 19.1 Å². The first-order valence-corrected chi connectivity index (χ1v) is 9.46. The fourth-order valence-corrected chi connectivity index (χ4v) is 3.44. The SMILES string of the molecule is COc1ccc(N2CC(NC(=O)CCCc3ccccc3)CC2=O)cc1OC. The Labute approximate surface area is 165 Å². The van der Waals surface area contributed by atoms with E-state index in [-0.39, 0.29) is 17.9 Å². The van der Waals surface area contributed by atoms with E-state index in [4.69, 9.17) is 9.47 Å². The summed E-state index contributed by atoms with van der Waals surface area (Å²) in [6, 6.07) is 15.3. The van der Waals surface area contributed by atoms with E-state index >= 15 is 0 Å². The van der Waals surface area contributed by atoms with Gasteiger partial charge < -0.3 is 19.7 Å². The van der Waals surface area contributed by atoms with Gasteiger partial charge in [-0.2, -0.15) is 0 Å². The zero-order valence-electron chi connectivity index (χ0n) is 16.3. The molecule has 6 nitrogen and oxygen atoms in total. The van der Waals surface area contributed by atoms with Crippen molar-refractivity contribution in [2.24, 2.45) is 0 Å². The molecular formula is C22H26N2O4. The van der Waals surface area contributed by atoms with Crippen LogP contribution in [0.3, 0.4) is 0 Å². The summed E-state index contributed by atoms with van der Waals surface area (Å²) in [6.07, 6.45) is 2.42. The molecule has 3 rings (SSSR count). The van der Waals surface area contributed by atoms with Crippen molar-refractivity contribution in [2.75, 3.05) is 25.7 Å². The molecule has 1 heterocycles. The zero-order valence-corrected chi connectivity index (χ0v) is 16.3. The van der Waals surface area contributed by atoms with Crippen molar-refractivity contribution in [2.45, 2.75) is 31.7 Å². The highest BCUT2D eigenvalue weighted by Crippen LogP contribution is 2.33. The number of carbonyl (C=O) groups excluding carboxylic acids is 2. The van der Waals surface area contributed by atoms with Crippen LogP contribution in [0.25, 0.3) is 0 Å². The van der Waals surface area contributed by atoms with Crippen LogP contribution in [0.4, 0.5) is 5.69 Å². The van der Waals surface area contributed by atoms with E-state index < -0.39 is 0 Å². The molecule has 1 aliphatic rings. The van der Waals surface area contributed by atoms with E-state index in [2.05, 4.69) is 17.4 Å². The number of amides is 2. The van der Waals surface area contributed by atoms with Gasteiger partial charge in [-0.25, -0.2) is 0 Å². The number of nitrogens with one attached hydrogen (secondary N) is 1. The molecule has 0 saturated carbocycles. The van der Waals surface area contributed by atoms with Gasteiger partial charge in [0.1, 0.15) is 0 Å². The molecule has 0 spiro atoms. The lowest BCUT2D eigenvalue weighted by molar-refractivity contribution is -0.121. The number of methoxy groups -OCH3 is 2. The Balaban J connectivity index is 1.52. The molecule has 0 radical (unpaired) electrons. The third kappa shape index (κ3) is 4.82. The normalized spacial score (nSPS) is 16.1. The van der Waals surface area contributed by atoms with E-state index in [1.165, 1.54) is 5.56 Å². The Morgan fingerprint density at radius 1 is 1.11 bits per heavy atom. The van der Waals surface area contributed by atoms with E-state index in [1.807, 2.05) is 24.3 Å². The minimum atomic E-state index is -0.176. The number of ether oxygens (including phenoxy) is 2. The van der Waals surface area contributed by atoms with Gasteiger partial charge >= 0.3 is 0 Å². The van der Waals surface area contributed by atoms with Crippen LogP contribution in [0.5, 0.6) is 11.5 Å². The van der Waals surface area contributed by atoms with Crippen molar-refractivity contribution in [3.63, 3.8) is 0 Å². The van der Waals surface area contributed by atoms with Gasteiger partial charge in [-0.15, -0.1) is 0 Å². The Morgan fingerprint density at radius 3 is 2.57 bits per heavy atom. The summed E-state index contributed by atoms with van der Waals surface area (Å²) in [6.45, 7) is 0.457. The Hall–Kier alpha value is -3.02. The smallest absolute Gasteiger partial charge is 0.229 e. The van der Waals surface area contributed by atoms with Crippen LogP contribution in [0.15, 0.2) is 48.5 Å². The maximum atomic E-state index is 12.4. The Bertz CT molecular complexity index is 823. The summed E-state index contributed by atoms with van der Waals surface area (Å²) in [7, 11) is 3.13. The van der Waals surface area contributed by atoms with Gasteiger partial charge in [0.05, 0.1) is 20.3 Å². The molecule has 1 saturated heterocycles. The fraction of sp³-hybridized carbons (Fsp3) is 0.364. The average Bonchev–Trinajstić information content (AvgIpc) is 3.08. The molecule has 28 heavy (non-hydrogen) atoms. The van der Waals surface area contributed by atoms with Crippen molar-refractivity contribution in [3.8, 4) is 11.5 Å². The Morgan fingerprint density at radius 2 is 1.86 bits per heavy atom. The standard InChI is InChI=1S/C22H26N2O4/c1-27-19-12-11-18(14-20(19)28-2)24-15-17(13-22(24)26)23-21(25)10-6-9-16-7-4-3-5-8-16/h3-5,7-8,11-12,14,17H,6,9-10,13,15H2,1-2H3,(H,23,25). The number of nitrogens with zero attached hydrogens (tertiary/aromatic N) is 1. The molecule has 1 fully saturated rings. The predicted molar refractivity (Wildman–Crippen MR) is 108 cm³/mol. The third-order valence-corrected chi connectivity index (χ3v) is 4.88. The minimum absolute atomic E-state index is 0.0112. The molecule has 0 bridgehead atoms. The highest BCUT2D eigenvalue weighted by molar-refractivity contribution is 5.97. The summed E-state index contributed by atoms with van der Waals surface area (Å²) in [5.74, 6) is 1.16. The highest BCUT2D eigenvalue weighted by Gasteiger charge is 2.31. The number of hydrogen-bond donors (Lipinski definition) is 1. The van der Waals surface area contributed by atoms with Gasteiger partial charge in [-0.05, 0) is 30.5 Å². The highest BCUT2D eigenvalue weighted by atomic mass is 16.5. The summed E-state index contributed by atoms with van der Waals surface area (Å²) in [5, 5.41) is 2.99. The summed E-state index contributed by atoms with van der Waals surface area (Å²) in [5.41, 5.74) is 1.97. The molecule has 1 N–H and O–H groups in total. The summed E-state index contributed by atoms with van der Waals surface area (Å²) < 4.78 is 10.5. The predicted octanol–water partition coefficient (Wildman–Crippen LogP) is 2.95. The van der Waals surface area contributed by atoms with Crippen molar-refractivity contribution in [1.82, 2.24) is 5.32 Å². The van der Waals surface area contributed by atoms with Crippen LogP contribution >= 0.6 is 0 Å². The second kappa shape index (κ2) is 9.26. The first-order valence-electron chi connectivity index (χ1n) is 9.46. The summed E-state index contributed by atoms with van der Waals surface area (Å²) >= 11 is 0. The van der Waals surface area contributed by atoms with Crippen LogP contribution < -0.4 is 19.7 Å². The number of anilines is 1. The molecule has 1 atom stereocenters. The second-order valence-electron chi connectivity index (χ2n) is 6.85.